The number of esters is 1. The van der Waals surface area contributed by atoms with Gasteiger partial charge in [0.1, 0.15) is 5.00 Å². The van der Waals surface area contributed by atoms with Crippen LogP contribution in [0.5, 0.6) is 0 Å². The smallest absolute Gasteiger partial charge is 0.341 e. The van der Waals surface area contributed by atoms with Crippen LogP contribution < -0.4 is 5.32 Å². The Hall–Kier alpha value is -1.40. The lowest BCUT2D eigenvalue weighted by atomic mass is 9.94. The van der Waals surface area contributed by atoms with Gasteiger partial charge in [-0.1, -0.05) is 20.8 Å². The third kappa shape index (κ3) is 4.12. The number of nitrogens with one attached hydrogen (secondary N) is 1. The van der Waals surface area contributed by atoms with Gasteiger partial charge >= 0.3 is 5.97 Å². The van der Waals surface area contributed by atoms with Gasteiger partial charge in [0.15, 0.2) is 0 Å². The maximum absolute atomic E-state index is 12.4. The molecule has 1 N–H and O–H groups in total. The Balaban J connectivity index is 2.35. The third-order valence-corrected chi connectivity index (χ3v) is 5.00. The van der Waals surface area contributed by atoms with Crippen molar-refractivity contribution in [1.82, 2.24) is 0 Å². The molecule has 1 amide bonds. The van der Waals surface area contributed by atoms with E-state index in [-0.39, 0.29) is 18.0 Å². The second-order valence-corrected chi connectivity index (χ2v) is 7.13. The summed E-state index contributed by atoms with van der Waals surface area (Å²) in [6.07, 6.45) is 1.98. The van der Waals surface area contributed by atoms with Crippen molar-refractivity contribution < 1.29 is 19.1 Å². The molecule has 0 aliphatic carbocycles. The lowest BCUT2D eigenvalue weighted by Gasteiger charge is -2.26. The minimum absolute atomic E-state index is 0.0713. The molecule has 0 spiro atoms. The fourth-order valence-electron chi connectivity index (χ4n) is 2.64. The Kier molecular flexibility index (Phi) is 6.18. The molecule has 0 fully saturated rings. The first-order valence-electron chi connectivity index (χ1n) is 8.20. The molecule has 0 unspecified atom stereocenters. The molecular weight excluding hydrogens is 314 g/mol. The standard InChI is InChI=1S/C17H25NO4S/c1-5-7-14(19)18-16-15(17(20)21-6-2)11-8-12(10(3)4)22-9-13(11)23-16/h10,12H,5-9H2,1-4H3,(H,18,19)/t12-/m1/s1. The van der Waals surface area contributed by atoms with Crippen molar-refractivity contribution in [2.75, 3.05) is 11.9 Å². The lowest BCUT2D eigenvalue weighted by Crippen LogP contribution is -2.27. The van der Waals surface area contributed by atoms with Gasteiger partial charge in [-0.05, 0) is 24.8 Å². The highest BCUT2D eigenvalue weighted by Gasteiger charge is 2.31. The molecule has 128 valence electrons. The van der Waals surface area contributed by atoms with E-state index < -0.39 is 0 Å². The summed E-state index contributed by atoms with van der Waals surface area (Å²) in [5.74, 6) is -0.0598. The van der Waals surface area contributed by atoms with E-state index in [0.29, 0.717) is 42.5 Å². The number of anilines is 1. The maximum Gasteiger partial charge on any atom is 0.341 e. The highest BCUT2D eigenvalue weighted by atomic mass is 32.1. The number of carbonyl (C=O) groups is 2. The van der Waals surface area contributed by atoms with E-state index in [2.05, 4.69) is 19.2 Å². The molecule has 2 heterocycles. The molecule has 1 aromatic rings. The molecule has 23 heavy (non-hydrogen) atoms. The third-order valence-electron chi connectivity index (χ3n) is 3.88. The van der Waals surface area contributed by atoms with Gasteiger partial charge in [0.25, 0.3) is 0 Å². The predicted molar refractivity (Wildman–Crippen MR) is 90.9 cm³/mol. The van der Waals surface area contributed by atoms with E-state index in [1.54, 1.807) is 6.92 Å². The SMILES string of the molecule is CCCC(=O)Nc1sc2c(c1C(=O)OCC)C[C@H](C(C)C)OC2. The molecule has 2 rings (SSSR count). The molecule has 1 aliphatic rings. The van der Waals surface area contributed by atoms with Gasteiger partial charge in [-0.25, -0.2) is 4.79 Å². The largest absolute Gasteiger partial charge is 0.462 e. The summed E-state index contributed by atoms with van der Waals surface area (Å²) in [5.41, 5.74) is 1.50. The van der Waals surface area contributed by atoms with E-state index in [1.165, 1.54) is 11.3 Å². The van der Waals surface area contributed by atoms with E-state index in [1.807, 2.05) is 6.92 Å². The topological polar surface area (TPSA) is 64.6 Å². The summed E-state index contributed by atoms with van der Waals surface area (Å²) in [4.78, 5) is 25.4. The van der Waals surface area contributed by atoms with E-state index in [0.717, 1.165) is 16.9 Å². The van der Waals surface area contributed by atoms with Crippen LogP contribution in [-0.2, 0) is 27.3 Å². The van der Waals surface area contributed by atoms with Gasteiger partial charge in [0.05, 0.1) is 24.9 Å². The average molecular weight is 339 g/mol. The monoisotopic (exact) mass is 339 g/mol. The quantitative estimate of drug-likeness (QED) is 0.802. The molecule has 0 radical (unpaired) electrons. The van der Waals surface area contributed by atoms with Crippen LogP contribution in [-0.4, -0.2) is 24.6 Å². The Morgan fingerprint density at radius 2 is 2.13 bits per heavy atom. The second kappa shape index (κ2) is 7.93. The van der Waals surface area contributed by atoms with Crippen molar-refractivity contribution in [2.24, 2.45) is 5.92 Å². The van der Waals surface area contributed by atoms with E-state index >= 15 is 0 Å². The number of rotatable bonds is 6. The van der Waals surface area contributed by atoms with Crippen LogP contribution in [0.1, 0.15) is 61.3 Å². The molecule has 1 atom stereocenters. The molecule has 0 aromatic carbocycles. The normalized spacial score (nSPS) is 17.0. The zero-order valence-electron chi connectivity index (χ0n) is 14.2. The Morgan fingerprint density at radius 1 is 1.39 bits per heavy atom. The van der Waals surface area contributed by atoms with Crippen molar-refractivity contribution in [1.29, 1.82) is 0 Å². The zero-order valence-corrected chi connectivity index (χ0v) is 15.0. The van der Waals surface area contributed by atoms with Crippen molar-refractivity contribution in [2.45, 2.75) is 59.7 Å². The summed E-state index contributed by atoms with van der Waals surface area (Å²) < 4.78 is 11.1. The van der Waals surface area contributed by atoms with E-state index in [4.69, 9.17) is 9.47 Å². The lowest BCUT2D eigenvalue weighted by molar-refractivity contribution is -0.116. The number of thiophene rings is 1. The molecule has 1 aliphatic heterocycles. The van der Waals surface area contributed by atoms with Crippen molar-refractivity contribution >= 4 is 28.2 Å². The first-order valence-corrected chi connectivity index (χ1v) is 9.02. The fraction of sp³-hybridized carbons (Fsp3) is 0.647. The number of hydrogen-bond donors (Lipinski definition) is 1. The van der Waals surface area contributed by atoms with Gasteiger partial charge < -0.3 is 14.8 Å². The number of ether oxygens (including phenoxy) is 2. The molecule has 5 nitrogen and oxygen atoms in total. The van der Waals surface area contributed by atoms with Crippen LogP contribution in [0.2, 0.25) is 0 Å². The zero-order chi connectivity index (χ0) is 17.0. The Bertz CT molecular complexity index is 579. The predicted octanol–water partition coefficient (Wildman–Crippen LogP) is 3.76. The second-order valence-electron chi connectivity index (χ2n) is 6.02. The maximum atomic E-state index is 12.4. The summed E-state index contributed by atoms with van der Waals surface area (Å²) in [7, 11) is 0. The molecular formula is C17H25NO4S. The highest BCUT2D eigenvalue weighted by molar-refractivity contribution is 7.17. The van der Waals surface area contributed by atoms with Crippen LogP contribution in [0.25, 0.3) is 0 Å². The van der Waals surface area contributed by atoms with Gasteiger partial charge in [-0.15, -0.1) is 11.3 Å². The van der Waals surface area contributed by atoms with Crippen LogP contribution in [0.15, 0.2) is 0 Å². The Labute approximate surface area is 141 Å². The first kappa shape index (κ1) is 17.9. The fourth-order valence-corrected chi connectivity index (χ4v) is 3.79. The highest BCUT2D eigenvalue weighted by Crippen LogP contribution is 2.39. The number of hydrogen-bond acceptors (Lipinski definition) is 5. The van der Waals surface area contributed by atoms with Crippen LogP contribution in [0.4, 0.5) is 5.00 Å². The first-order chi connectivity index (χ1) is 11.0. The summed E-state index contributed by atoms with van der Waals surface area (Å²) in [6, 6.07) is 0. The van der Waals surface area contributed by atoms with Crippen LogP contribution >= 0.6 is 11.3 Å². The van der Waals surface area contributed by atoms with Gasteiger partial charge in [-0.3, -0.25) is 4.79 Å². The Morgan fingerprint density at radius 3 is 2.74 bits per heavy atom. The number of carbonyl (C=O) groups excluding carboxylic acids is 2. The summed E-state index contributed by atoms with van der Waals surface area (Å²) in [6.45, 7) is 8.75. The van der Waals surface area contributed by atoms with Crippen LogP contribution in [0.3, 0.4) is 0 Å². The van der Waals surface area contributed by atoms with Crippen molar-refractivity contribution in [3.8, 4) is 0 Å². The van der Waals surface area contributed by atoms with E-state index in [9.17, 15) is 9.59 Å². The van der Waals surface area contributed by atoms with Gasteiger partial charge in [-0.2, -0.15) is 0 Å². The van der Waals surface area contributed by atoms with Crippen molar-refractivity contribution in [3.05, 3.63) is 16.0 Å². The molecule has 0 saturated heterocycles. The summed E-state index contributed by atoms with van der Waals surface area (Å²) in [5, 5.41) is 3.47. The minimum Gasteiger partial charge on any atom is -0.462 e. The molecule has 1 aromatic heterocycles. The number of amides is 1. The van der Waals surface area contributed by atoms with Gasteiger partial charge in [0.2, 0.25) is 5.91 Å². The molecule has 6 heteroatoms. The minimum atomic E-state index is -0.360. The molecule has 0 saturated carbocycles. The van der Waals surface area contributed by atoms with Crippen LogP contribution in [0, 0.1) is 5.92 Å². The van der Waals surface area contributed by atoms with Crippen molar-refractivity contribution in [3.63, 3.8) is 0 Å². The molecule has 0 bridgehead atoms. The average Bonchev–Trinajstić information content (AvgIpc) is 2.84. The number of fused-ring (bicyclic) bond motifs is 1. The summed E-state index contributed by atoms with van der Waals surface area (Å²) >= 11 is 1.43. The van der Waals surface area contributed by atoms with Gasteiger partial charge in [0, 0.05) is 17.7 Å².